The predicted octanol–water partition coefficient (Wildman–Crippen LogP) is 4.50. The van der Waals surface area contributed by atoms with Crippen LogP contribution in [0.3, 0.4) is 0 Å². The fraction of sp³-hybridized carbons (Fsp3) is 0.500. The lowest BCUT2D eigenvalue weighted by molar-refractivity contribution is -0.144. The predicted molar refractivity (Wildman–Crippen MR) is 83.7 cm³/mol. The summed E-state index contributed by atoms with van der Waals surface area (Å²) < 4.78 is 4.80. The highest BCUT2D eigenvalue weighted by Crippen LogP contribution is 2.35. The number of nitrogens with one attached hydrogen (secondary N) is 1. The van der Waals surface area contributed by atoms with Crippen molar-refractivity contribution in [3.63, 3.8) is 0 Å². The van der Waals surface area contributed by atoms with Gasteiger partial charge in [0.05, 0.1) is 22.2 Å². The second kappa shape index (κ2) is 7.51. The topological polar surface area (TPSA) is 38.3 Å². The van der Waals surface area contributed by atoms with E-state index in [1.165, 1.54) is 7.11 Å². The van der Waals surface area contributed by atoms with Gasteiger partial charge in [0.15, 0.2) is 0 Å². The van der Waals surface area contributed by atoms with Crippen LogP contribution in [0.4, 0.5) is 0 Å². The average molecular weight is 339 g/mol. The molecule has 0 saturated carbocycles. The van der Waals surface area contributed by atoms with Gasteiger partial charge in [-0.3, -0.25) is 10.1 Å². The van der Waals surface area contributed by atoms with Gasteiger partial charge in [-0.1, -0.05) is 54.7 Å². The molecule has 0 saturated heterocycles. The van der Waals surface area contributed by atoms with Gasteiger partial charge in [0.1, 0.15) is 6.04 Å². The lowest BCUT2D eigenvalue weighted by atomic mass is 10.0. The second-order valence-electron chi connectivity index (χ2n) is 4.90. The van der Waals surface area contributed by atoms with E-state index in [1.54, 1.807) is 12.1 Å². The number of hydrogen-bond acceptors (Lipinski definition) is 3. The summed E-state index contributed by atoms with van der Waals surface area (Å²) in [5.74, 6) is -0.213. The summed E-state index contributed by atoms with van der Waals surface area (Å²) in [6, 6.07) is 2.90. The summed E-state index contributed by atoms with van der Waals surface area (Å²) in [6.07, 6.45) is 0. The van der Waals surface area contributed by atoms with E-state index in [0.29, 0.717) is 15.1 Å². The Bertz CT molecular complexity index is 492. The maximum Gasteiger partial charge on any atom is 0.323 e. The third-order valence-corrected chi connectivity index (χ3v) is 4.39. The summed E-state index contributed by atoms with van der Waals surface area (Å²) in [7, 11) is 1.37. The van der Waals surface area contributed by atoms with E-state index >= 15 is 0 Å². The fourth-order valence-corrected chi connectivity index (χ4v) is 2.60. The average Bonchev–Trinajstić information content (AvgIpc) is 2.40. The summed E-state index contributed by atoms with van der Waals surface area (Å²) in [6.45, 7) is 5.79. The van der Waals surface area contributed by atoms with Crippen molar-refractivity contribution in [2.45, 2.75) is 32.9 Å². The van der Waals surface area contributed by atoms with Crippen LogP contribution in [-0.2, 0) is 9.53 Å². The van der Waals surface area contributed by atoms with E-state index in [2.05, 4.69) is 5.32 Å². The van der Waals surface area contributed by atoms with Crippen LogP contribution in [0.5, 0.6) is 0 Å². The SMILES string of the molecule is COC(=O)[C@@H](NC(C)c1ccc(Cl)c(Cl)c1Cl)C(C)C. The molecule has 0 spiro atoms. The Hall–Kier alpha value is -0.480. The Balaban J connectivity index is 2.98. The number of halogens is 3. The fourth-order valence-electron chi connectivity index (χ4n) is 1.89. The first-order valence-electron chi connectivity index (χ1n) is 6.26. The van der Waals surface area contributed by atoms with Crippen molar-refractivity contribution in [1.29, 1.82) is 0 Å². The molecule has 3 nitrogen and oxygen atoms in total. The van der Waals surface area contributed by atoms with Gasteiger partial charge in [-0.05, 0) is 24.5 Å². The number of benzene rings is 1. The molecule has 0 aliphatic heterocycles. The summed E-state index contributed by atoms with van der Waals surface area (Å²) in [5.41, 5.74) is 0.788. The minimum absolute atomic E-state index is 0.0893. The molecular formula is C14H18Cl3NO2. The molecule has 0 radical (unpaired) electrons. The maximum absolute atomic E-state index is 11.8. The zero-order valence-corrected chi connectivity index (χ0v) is 14.1. The Labute approximate surface area is 134 Å². The molecule has 112 valence electrons. The normalized spacial score (nSPS) is 14.2. The highest BCUT2D eigenvalue weighted by Gasteiger charge is 2.26. The van der Waals surface area contributed by atoms with Gasteiger partial charge in [0, 0.05) is 6.04 Å². The molecule has 6 heteroatoms. The smallest absolute Gasteiger partial charge is 0.323 e. The molecule has 0 aliphatic carbocycles. The molecule has 0 heterocycles. The molecule has 0 amide bonds. The zero-order chi connectivity index (χ0) is 15.4. The molecular weight excluding hydrogens is 321 g/mol. The summed E-state index contributed by atoms with van der Waals surface area (Å²) in [5, 5.41) is 4.33. The highest BCUT2D eigenvalue weighted by atomic mass is 35.5. The molecule has 1 aromatic rings. The van der Waals surface area contributed by atoms with Gasteiger partial charge in [0.25, 0.3) is 0 Å². The van der Waals surface area contributed by atoms with Crippen molar-refractivity contribution in [3.8, 4) is 0 Å². The van der Waals surface area contributed by atoms with Gasteiger partial charge in [-0.2, -0.15) is 0 Å². The van der Waals surface area contributed by atoms with E-state index in [4.69, 9.17) is 39.5 Å². The number of carbonyl (C=O) groups excluding carboxylic acids is 1. The molecule has 20 heavy (non-hydrogen) atoms. The maximum atomic E-state index is 11.8. The largest absolute Gasteiger partial charge is 0.468 e. The van der Waals surface area contributed by atoms with Crippen LogP contribution in [0.15, 0.2) is 12.1 Å². The van der Waals surface area contributed by atoms with E-state index in [1.807, 2.05) is 20.8 Å². The molecule has 0 aliphatic rings. The lowest BCUT2D eigenvalue weighted by Gasteiger charge is -2.25. The van der Waals surface area contributed by atoms with E-state index < -0.39 is 6.04 Å². The number of rotatable bonds is 5. The van der Waals surface area contributed by atoms with Crippen LogP contribution in [0.25, 0.3) is 0 Å². The number of ether oxygens (including phenoxy) is 1. The molecule has 2 atom stereocenters. The third kappa shape index (κ3) is 4.01. The van der Waals surface area contributed by atoms with Gasteiger partial charge in [-0.15, -0.1) is 0 Å². The molecule has 1 aromatic carbocycles. The monoisotopic (exact) mass is 337 g/mol. The first kappa shape index (κ1) is 17.6. The molecule has 0 fully saturated rings. The van der Waals surface area contributed by atoms with Gasteiger partial charge >= 0.3 is 5.97 Å². The standard InChI is InChI=1S/C14H18Cl3NO2/c1-7(2)13(14(19)20-4)18-8(3)9-5-6-10(15)12(17)11(9)16/h5-8,13,18H,1-4H3/t8?,13-/m0/s1. The number of carbonyl (C=O) groups is 1. The van der Waals surface area contributed by atoms with E-state index in [-0.39, 0.29) is 17.9 Å². The van der Waals surface area contributed by atoms with Crippen molar-refractivity contribution in [2.75, 3.05) is 7.11 Å². The molecule has 1 unspecified atom stereocenters. The van der Waals surface area contributed by atoms with Crippen molar-refractivity contribution < 1.29 is 9.53 Å². The van der Waals surface area contributed by atoms with E-state index in [9.17, 15) is 4.79 Å². The molecule has 0 aromatic heterocycles. The Kier molecular flexibility index (Phi) is 6.59. The van der Waals surface area contributed by atoms with E-state index in [0.717, 1.165) is 5.56 Å². The first-order valence-corrected chi connectivity index (χ1v) is 7.40. The van der Waals surface area contributed by atoms with Crippen LogP contribution in [-0.4, -0.2) is 19.1 Å². The molecule has 0 bridgehead atoms. The summed E-state index contributed by atoms with van der Waals surface area (Å²) >= 11 is 18.1. The minimum Gasteiger partial charge on any atom is -0.468 e. The Morgan fingerprint density at radius 2 is 1.75 bits per heavy atom. The Morgan fingerprint density at radius 3 is 2.25 bits per heavy atom. The number of methoxy groups -OCH3 is 1. The van der Waals surface area contributed by atoms with Crippen LogP contribution in [0.1, 0.15) is 32.4 Å². The van der Waals surface area contributed by atoms with Crippen LogP contribution in [0.2, 0.25) is 15.1 Å². The van der Waals surface area contributed by atoms with Crippen molar-refractivity contribution in [3.05, 3.63) is 32.8 Å². The highest BCUT2D eigenvalue weighted by molar-refractivity contribution is 6.48. The second-order valence-corrected chi connectivity index (χ2v) is 6.06. The summed E-state index contributed by atoms with van der Waals surface area (Å²) in [4.78, 5) is 11.8. The zero-order valence-electron chi connectivity index (χ0n) is 11.8. The van der Waals surface area contributed by atoms with Crippen molar-refractivity contribution in [2.24, 2.45) is 5.92 Å². The lowest BCUT2D eigenvalue weighted by Crippen LogP contribution is -2.43. The van der Waals surface area contributed by atoms with Crippen LogP contribution >= 0.6 is 34.8 Å². The number of hydrogen-bond donors (Lipinski definition) is 1. The van der Waals surface area contributed by atoms with Crippen LogP contribution < -0.4 is 5.32 Å². The molecule has 1 N–H and O–H groups in total. The first-order chi connectivity index (χ1) is 9.29. The van der Waals surface area contributed by atoms with Crippen molar-refractivity contribution in [1.82, 2.24) is 5.32 Å². The van der Waals surface area contributed by atoms with Gasteiger partial charge < -0.3 is 4.74 Å². The minimum atomic E-state index is -0.416. The molecule has 1 rings (SSSR count). The number of esters is 1. The Morgan fingerprint density at radius 1 is 1.15 bits per heavy atom. The van der Waals surface area contributed by atoms with Crippen molar-refractivity contribution >= 4 is 40.8 Å². The third-order valence-electron chi connectivity index (χ3n) is 3.08. The van der Waals surface area contributed by atoms with Gasteiger partial charge in [0.2, 0.25) is 0 Å². The van der Waals surface area contributed by atoms with Crippen LogP contribution in [0, 0.1) is 5.92 Å². The van der Waals surface area contributed by atoms with Gasteiger partial charge in [-0.25, -0.2) is 0 Å². The quantitative estimate of drug-likeness (QED) is 0.635.